The number of rotatable bonds is 8. The van der Waals surface area contributed by atoms with Crippen LogP contribution in [0, 0.1) is 11.6 Å². The lowest BCUT2D eigenvalue weighted by molar-refractivity contribution is -0.0823. The van der Waals surface area contributed by atoms with Crippen LogP contribution in [-0.4, -0.2) is 45.1 Å². The lowest BCUT2D eigenvalue weighted by atomic mass is 9.84. The monoisotopic (exact) mass is 713 g/mol. The molecule has 0 aliphatic carbocycles. The molecule has 2 aliphatic heterocycles. The van der Waals surface area contributed by atoms with Gasteiger partial charge < -0.3 is 13.9 Å². The first-order valence-corrected chi connectivity index (χ1v) is 18.0. The molecule has 0 unspecified atom stereocenters. The Bertz CT molecular complexity index is 1660. The molecule has 6 rings (SSSR count). The van der Waals surface area contributed by atoms with Gasteiger partial charge >= 0.3 is 0 Å². The summed E-state index contributed by atoms with van der Waals surface area (Å²) in [5.74, 6) is -4.09. The fourth-order valence-corrected chi connectivity index (χ4v) is 12.0. The fourth-order valence-electron chi connectivity index (χ4n) is 6.97. The van der Waals surface area contributed by atoms with Crippen LogP contribution >= 0.6 is 15.9 Å². The van der Waals surface area contributed by atoms with Gasteiger partial charge in [-0.1, -0.05) is 97.4 Å². The average Bonchev–Trinajstić information content (AvgIpc) is 3.45. The predicted octanol–water partition coefficient (Wildman–Crippen LogP) is 8.00. The maximum Gasteiger partial charge on any atom is 0.282 e. The molecule has 0 saturated carbocycles. The van der Waals surface area contributed by atoms with Gasteiger partial charge in [-0.3, -0.25) is 4.90 Å². The highest BCUT2D eigenvalue weighted by Crippen LogP contribution is 2.47. The molecule has 0 aromatic heterocycles. The van der Waals surface area contributed by atoms with E-state index in [1.54, 1.807) is 19.1 Å². The molecule has 46 heavy (non-hydrogen) atoms. The number of fused-ring (bicyclic) bond motifs is 2. The molecule has 0 bridgehead atoms. The summed E-state index contributed by atoms with van der Waals surface area (Å²) in [4.78, 5) is 1.49. The molecule has 4 nitrogen and oxygen atoms in total. The van der Waals surface area contributed by atoms with Crippen molar-refractivity contribution in [2.24, 2.45) is 0 Å². The zero-order valence-corrected chi connectivity index (χ0v) is 28.7. The molecule has 2 aliphatic rings. The van der Waals surface area contributed by atoms with E-state index in [4.69, 9.17) is 13.9 Å². The summed E-state index contributed by atoms with van der Waals surface area (Å²) in [5, 5.41) is 1.27. The summed E-state index contributed by atoms with van der Waals surface area (Å²) < 4.78 is 82.3. The molecule has 4 aromatic rings. The van der Waals surface area contributed by atoms with Crippen LogP contribution in [0.2, 0.25) is 5.04 Å². The Morgan fingerprint density at radius 3 is 1.96 bits per heavy atom. The molecule has 2 atom stereocenters. The van der Waals surface area contributed by atoms with E-state index >= 15 is 17.6 Å². The van der Waals surface area contributed by atoms with Gasteiger partial charge in [-0.25, -0.2) is 17.6 Å². The minimum absolute atomic E-state index is 0.0147. The molecule has 0 fully saturated rings. The maximum atomic E-state index is 16.5. The van der Waals surface area contributed by atoms with Crippen molar-refractivity contribution in [1.82, 2.24) is 4.90 Å². The second kappa shape index (κ2) is 12.4. The molecule has 0 saturated heterocycles. The summed E-state index contributed by atoms with van der Waals surface area (Å²) >= 11 is 3.15. The third-order valence-electron chi connectivity index (χ3n) is 8.99. The Balaban J connectivity index is 1.40. The lowest BCUT2D eigenvalue weighted by Crippen LogP contribution is -2.67. The minimum atomic E-state index is -3.38. The zero-order valence-electron chi connectivity index (χ0n) is 26.1. The third kappa shape index (κ3) is 6.00. The average molecular weight is 715 g/mol. The molecule has 2 heterocycles. The molecule has 242 valence electrons. The van der Waals surface area contributed by atoms with E-state index in [1.807, 2.05) is 81.4 Å². The van der Waals surface area contributed by atoms with Crippen LogP contribution in [0.5, 0.6) is 11.5 Å². The van der Waals surface area contributed by atoms with E-state index < -0.39 is 56.1 Å². The van der Waals surface area contributed by atoms with Gasteiger partial charge in [0.05, 0.1) is 19.2 Å². The van der Waals surface area contributed by atoms with Crippen molar-refractivity contribution in [2.75, 3.05) is 19.9 Å². The van der Waals surface area contributed by atoms with E-state index in [0.717, 1.165) is 28.1 Å². The first-order chi connectivity index (χ1) is 21.8. The Morgan fingerprint density at radius 1 is 0.870 bits per heavy atom. The number of alkyl halides is 2. The SMILES string of the molecule is C[C@@H]1Cc2cc3c(cc2[C@@H](c2c(F)cc(Br)cc2F)N1CC(F)(F)CO[Si](c1ccccc1)(c1ccccc1)C(C)(C)C)OCO3. The van der Waals surface area contributed by atoms with Gasteiger partial charge in [0, 0.05) is 16.1 Å². The third-order valence-corrected chi connectivity index (χ3v) is 14.4. The van der Waals surface area contributed by atoms with Gasteiger partial charge in [-0.15, -0.1) is 0 Å². The molecule has 0 amide bonds. The number of benzene rings is 4. The highest BCUT2D eigenvalue weighted by atomic mass is 79.9. The smallest absolute Gasteiger partial charge is 0.282 e. The van der Waals surface area contributed by atoms with E-state index in [2.05, 4.69) is 15.9 Å². The van der Waals surface area contributed by atoms with Gasteiger partial charge in [0.2, 0.25) is 6.79 Å². The molecular weight excluding hydrogens is 678 g/mol. The van der Waals surface area contributed by atoms with Gasteiger partial charge in [-0.05, 0) is 64.1 Å². The number of nitrogens with zero attached hydrogens (tertiary/aromatic N) is 1. The van der Waals surface area contributed by atoms with Crippen LogP contribution in [0.4, 0.5) is 17.6 Å². The normalized spacial score (nSPS) is 18.5. The molecular formula is C36H36BrF4NO3Si. The fraction of sp³-hybridized carbons (Fsp3) is 0.333. The molecule has 0 radical (unpaired) electrons. The minimum Gasteiger partial charge on any atom is -0.454 e. The standard InChI is InChI=1S/C36H36BrF4NO3Si/c1-23-15-24-16-31-32(44-22-43-31)19-28(24)34(33-29(38)17-25(37)18-30(33)39)42(23)20-36(40,41)21-45-46(35(2,3)4,26-11-7-5-8-12-26)27-13-9-6-10-14-27/h5-14,16-19,23,34H,15,20-22H2,1-4H3/t23-,34+/m1/s1. The van der Waals surface area contributed by atoms with Gasteiger partial charge in [0.15, 0.2) is 11.5 Å². The van der Waals surface area contributed by atoms with Crippen LogP contribution in [0.1, 0.15) is 50.4 Å². The van der Waals surface area contributed by atoms with Crippen molar-refractivity contribution in [3.05, 3.63) is 118 Å². The van der Waals surface area contributed by atoms with Gasteiger partial charge in [0.25, 0.3) is 14.2 Å². The highest BCUT2D eigenvalue weighted by molar-refractivity contribution is 9.10. The van der Waals surface area contributed by atoms with Crippen molar-refractivity contribution < 1.29 is 31.5 Å². The van der Waals surface area contributed by atoms with Crippen LogP contribution in [-0.2, 0) is 10.8 Å². The van der Waals surface area contributed by atoms with Gasteiger partial charge in [0.1, 0.15) is 11.6 Å². The number of hydrogen-bond donors (Lipinski definition) is 0. The number of hydrogen-bond acceptors (Lipinski definition) is 4. The summed E-state index contributed by atoms with van der Waals surface area (Å²) in [6, 6.07) is 23.3. The molecule has 10 heteroatoms. The van der Waals surface area contributed by atoms with Crippen LogP contribution in [0.15, 0.2) is 89.4 Å². The molecule has 4 aromatic carbocycles. The Labute approximate surface area is 276 Å². The van der Waals surface area contributed by atoms with Crippen LogP contribution in [0.25, 0.3) is 0 Å². The van der Waals surface area contributed by atoms with Crippen LogP contribution < -0.4 is 19.8 Å². The maximum absolute atomic E-state index is 16.5. The predicted molar refractivity (Wildman–Crippen MR) is 177 cm³/mol. The number of ether oxygens (including phenoxy) is 2. The van der Waals surface area contributed by atoms with Crippen LogP contribution in [0.3, 0.4) is 0 Å². The highest BCUT2D eigenvalue weighted by Gasteiger charge is 2.52. The van der Waals surface area contributed by atoms with Crippen molar-refractivity contribution in [3.63, 3.8) is 0 Å². The summed E-state index contributed by atoms with van der Waals surface area (Å²) in [6.45, 7) is 6.26. The van der Waals surface area contributed by atoms with E-state index in [-0.39, 0.29) is 16.8 Å². The largest absolute Gasteiger partial charge is 0.454 e. The summed E-state index contributed by atoms with van der Waals surface area (Å²) in [7, 11) is -3.27. The Kier molecular flexibility index (Phi) is 8.86. The molecule has 0 N–H and O–H groups in total. The van der Waals surface area contributed by atoms with Crippen molar-refractivity contribution in [1.29, 1.82) is 0 Å². The zero-order chi connectivity index (χ0) is 32.9. The Hall–Kier alpha value is -3.18. The van der Waals surface area contributed by atoms with Crippen molar-refractivity contribution in [2.45, 2.75) is 57.2 Å². The summed E-state index contributed by atoms with van der Waals surface area (Å²) in [6.07, 6.45) is 0.383. The van der Waals surface area contributed by atoms with E-state index in [0.29, 0.717) is 23.5 Å². The Morgan fingerprint density at radius 2 is 1.41 bits per heavy atom. The lowest BCUT2D eigenvalue weighted by Gasteiger charge is -2.46. The quantitative estimate of drug-likeness (QED) is 0.137. The summed E-state index contributed by atoms with van der Waals surface area (Å²) in [5.41, 5.74) is 0.983. The van der Waals surface area contributed by atoms with Crippen molar-refractivity contribution in [3.8, 4) is 11.5 Å². The number of halogens is 5. The van der Waals surface area contributed by atoms with E-state index in [1.165, 1.54) is 4.90 Å². The second-order valence-corrected chi connectivity index (χ2v) is 18.3. The van der Waals surface area contributed by atoms with E-state index in [9.17, 15) is 0 Å². The topological polar surface area (TPSA) is 30.9 Å². The first kappa shape index (κ1) is 32.7. The first-order valence-electron chi connectivity index (χ1n) is 15.3. The van der Waals surface area contributed by atoms with Gasteiger partial charge in [-0.2, -0.15) is 0 Å². The second-order valence-electron chi connectivity index (χ2n) is 13.1. The molecule has 0 spiro atoms. The van der Waals surface area contributed by atoms with Crippen molar-refractivity contribution >= 4 is 34.6 Å².